The van der Waals surface area contributed by atoms with Crippen LogP contribution >= 0.6 is 23.4 Å². The van der Waals surface area contributed by atoms with Crippen LogP contribution in [0.5, 0.6) is 0 Å². The molecule has 0 aliphatic carbocycles. The predicted octanol–water partition coefficient (Wildman–Crippen LogP) is 3.22. The molecular formula is C19H19ClF3N3O4S2. The maximum absolute atomic E-state index is 12.7. The molecule has 13 heteroatoms. The first-order valence-electron chi connectivity index (χ1n) is 8.99. The van der Waals surface area contributed by atoms with E-state index in [9.17, 15) is 31.2 Å². The van der Waals surface area contributed by atoms with Gasteiger partial charge in [-0.25, -0.2) is 8.42 Å². The molecule has 2 aromatic carbocycles. The zero-order valence-electron chi connectivity index (χ0n) is 16.6. The second-order valence-electron chi connectivity index (χ2n) is 6.41. The van der Waals surface area contributed by atoms with Crippen LogP contribution in [0.1, 0.15) is 22.3 Å². The van der Waals surface area contributed by atoms with Crippen molar-refractivity contribution in [3.8, 4) is 0 Å². The number of rotatable bonds is 9. The summed E-state index contributed by atoms with van der Waals surface area (Å²) in [6.45, 7) is 0. The lowest BCUT2D eigenvalue weighted by atomic mass is 10.1. The summed E-state index contributed by atoms with van der Waals surface area (Å²) in [7, 11) is -4.18. The van der Waals surface area contributed by atoms with E-state index in [0.29, 0.717) is 5.75 Å². The number of nitrogens with one attached hydrogen (secondary N) is 3. The molecule has 0 radical (unpaired) electrons. The molecule has 3 N–H and O–H groups in total. The summed E-state index contributed by atoms with van der Waals surface area (Å²) in [4.78, 5) is 26.6. The minimum Gasteiger partial charge on any atom is -0.340 e. The van der Waals surface area contributed by atoms with Crippen LogP contribution in [-0.2, 0) is 21.0 Å². The number of carbonyl (C=O) groups excluding carboxylic acids is 2. The van der Waals surface area contributed by atoms with Gasteiger partial charge >= 0.3 is 6.18 Å². The molecule has 7 nitrogen and oxygen atoms in total. The minimum absolute atomic E-state index is 0.0520. The molecule has 174 valence electrons. The Labute approximate surface area is 192 Å². The van der Waals surface area contributed by atoms with Gasteiger partial charge in [0.2, 0.25) is 0 Å². The molecule has 0 aliphatic heterocycles. The summed E-state index contributed by atoms with van der Waals surface area (Å²) in [5.74, 6) is -1.19. The molecule has 0 bridgehead atoms. The van der Waals surface area contributed by atoms with Crippen LogP contribution in [0.3, 0.4) is 0 Å². The van der Waals surface area contributed by atoms with Crippen LogP contribution < -0.4 is 15.6 Å². The van der Waals surface area contributed by atoms with Gasteiger partial charge < -0.3 is 5.32 Å². The van der Waals surface area contributed by atoms with Crippen molar-refractivity contribution in [2.24, 2.45) is 0 Å². The summed E-state index contributed by atoms with van der Waals surface area (Å²) in [6.07, 6.45) is -2.63. The van der Waals surface area contributed by atoms with Crippen LogP contribution in [0.2, 0.25) is 5.02 Å². The number of hydrazine groups is 1. The third kappa shape index (κ3) is 7.12. The number of amides is 2. The molecule has 2 rings (SSSR count). The second kappa shape index (κ2) is 11.0. The van der Waals surface area contributed by atoms with E-state index in [-0.39, 0.29) is 21.9 Å². The van der Waals surface area contributed by atoms with Crippen molar-refractivity contribution in [3.05, 3.63) is 64.7 Å². The van der Waals surface area contributed by atoms with Crippen LogP contribution in [0.15, 0.2) is 53.4 Å². The van der Waals surface area contributed by atoms with Gasteiger partial charge in [0.15, 0.2) is 0 Å². The van der Waals surface area contributed by atoms with Crippen LogP contribution in [0.4, 0.5) is 13.2 Å². The molecule has 0 saturated carbocycles. The van der Waals surface area contributed by atoms with E-state index in [0.717, 1.165) is 24.3 Å². The lowest BCUT2D eigenvalue weighted by molar-refractivity contribution is -0.137. The fraction of sp³-hybridized carbons (Fsp3) is 0.263. The van der Waals surface area contributed by atoms with E-state index in [1.807, 2.05) is 10.3 Å². The zero-order valence-corrected chi connectivity index (χ0v) is 19.0. The highest BCUT2D eigenvalue weighted by Crippen LogP contribution is 2.29. The maximum Gasteiger partial charge on any atom is 0.416 e. The SMILES string of the molecule is CSCCC(NC(=O)c1ccc(C(F)(F)F)cc1)C(=O)NNS(=O)(=O)c1ccccc1Cl. The molecule has 0 saturated heterocycles. The second-order valence-corrected chi connectivity index (χ2v) is 9.45. The molecule has 1 unspecified atom stereocenters. The Morgan fingerprint density at radius 1 is 1.09 bits per heavy atom. The van der Waals surface area contributed by atoms with Crippen molar-refractivity contribution < 1.29 is 31.2 Å². The summed E-state index contributed by atoms with van der Waals surface area (Å²) >= 11 is 7.25. The molecule has 2 aromatic rings. The van der Waals surface area contributed by atoms with E-state index in [2.05, 4.69) is 5.32 Å². The summed E-state index contributed by atoms with van der Waals surface area (Å²) in [6, 6.07) is 7.93. The zero-order chi connectivity index (χ0) is 23.9. The Balaban J connectivity index is 2.09. The van der Waals surface area contributed by atoms with E-state index in [1.54, 1.807) is 6.26 Å². The van der Waals surface area contributed by atoms with E-state index < -0.39 is 39.6 Å². The Morgan fingerprint density at radius 2 is 1.72 bits per heavy atom. The van der Waals surface area contributed by atoms with E-state index >= 15 is 0 Å². The fourth-order valence-electron chi connectivity index (χ4n) is 2.48. The highest BCUT2D eigenvalue weighted by Gasteiger charge is 2.30. The van der Waals surface area contributed by atoms with Crippen molar-refractivity contribution in [2.45, 2.75) is 23.5 Å². The minimum atomic E-state index is -4.55. The smallest absolute Gasteiger partial charge is 0.340 e. The van der Waals surface area contributed by atoms with Gasteiger partial charge in [0.05, 0.1) is 10.6 Å². The largest absolute Gasteiger partial charge is 0.416 e. The lowest BCUT2D eigenvalue weighted by Gasteiger charge is -2.19. The maximum atomic E-state index is 12.7. The van der Waals surface area contributed by atoms with Crippen LogP contribution in [0, 0.1) is 0 Å². The van der Waals surface area contributed by atoms with Crippen molar-refractivity contribution in [3.63, 3.8) is 0 Å². The third-order valence-electron chi connectivity index (χ3n) is 4.14. The normalized spacial score (nSPS) is 12.8. The van der Waals surface area contributed by atoms with Gasteiger partial charge in [-0.05, 0) is 54.8 Å². The van der Waals surface area contributed by atoms with Gasteiger partial charge in [0.1, 0.15) is 10.9 Å². The van der Waals surface area contributed by atoms with Crippen LogP contribution in [-0.4, -0.2) is 38.3 Å². The molecule has 0 spiro atoms. The highest BCUT2D eigenvalue weighted by molar-refractivity contribution is 7.98. The number of sulfonamides is 1. The topological polar surface area (TPSA) is 104 Å². The number of benzene rings is 2. The fourth-order valence-corrected chi connectivity index (χ4v) is 4.32. The Bertz CT molecular complexity index is 1060. The summed E-state index contributed by atoms with van der Waals surface area (Å²) in [5.41, 5.74) is 1.03. The average molecular weight is 510 g/mol. The number of halogens is 4. The predicted molar refractivity (Wildman–Crippen MR) is 116 cm³/mol. The van der Waals surface area contributed by atoms with Gasteiger partial charge in [-0.2, -0.15) is 24.9 Å². The number of carbonyl (C=O) groups is 2. The van der Waals surface area contributed by atoms with E-state index in [1.165, 1.54) is 36.0 Å². The van der Waals surface area contributed by atoms with Gasteiger partial charge in [0, 0.05) is 5.56 Å². The first-order valence-corrected chi connectivity index (χ1v) is 12.2. The monoisotopic (exact) mass is 509 g/mol. The molecule has 0 heterocycles. The lowest BCUT2D eigenvalue weighted by Crippen LogP contribution is -2.52. The van der Waals surface area contributed by atoms with Gasteiger partial charge in [-0.15, -0.1) is 4.83 Å². The number of hydrogen-bond acceptors (Lipinski definition) is 5. The summed E-state index contributed by atoms with van der Waals surface area (Å²) in [5, 5.41) is 2.36. The highest BCUT2D eigenvalue weighted by atomic mass is 35.5. The Morgan fingerprint density at radius 3 is 2.28 bits per heavy atom. The molecule has 1 atom stereocenters. The molecular weight excluding hydrogens is 491 g/mol. The Kier molecular flexibility index (Phi) is 8.96. The standard InChI is InChI=1S/C19H19ClF3N3O4S2/c1-31-11-10-15(24-17(27)12-6-8-13(9-7-12)19(21,22)23)18(28)25-26-32(29,30)16-5-3-2-4-14(16)20/h2-9,15,26H,10-11H2,1H3,(H,24,27)(H,25,28). The van der Waals surface area contributed by atoms with Crippen molar-refractivity contribution >= 4 is 45.2 Å². The van der Waals surface area contributed by atoms with Crippen molar-refractivity contribution in [1.29, 1.82) is 0 Å². The first-order chi connectivity index (χ1) is 15.0. The number of alkyl halides is 3. The van der Waals surface area contributed by atoms with E-state index in [4.69, 9.17) is 11.6 Å². The molecule has 0 aliphatic rings. The Hall–Kier alpha value is -2.28. The van der Waals surface area contributed by atoms with Gasteiger partial charge in [0.25, 0.3) is 21.8 Å². The van der Waals surface area contributed by atoms with Crippen molar-refractivity contribution in [2.75, 3.05) is 12.0 Å². The van der Waals surface area contributed by atoms with Crippen molar-refractivity contribution in [1.82, 2.24) is 15.6 Å². The van der Waals surface area contributed by atoms with Gasteiger partial charge in [-0.1, -0.05) is 23.7 Å². The van der Waals surface area contributed by atoms with Crippen LogP contribution in [0.25, 0.3) is 0 Å². The third-order valence-corrected chi connectivity index (χ3v) is 6.53. The molecule has 0 aromatic heterocycles. The molecule has 0 fully saturated rings. The summed E-state index contributed by atoms with van der Waals surface area (Å²) < 4.78 is 62.8. The average Bonchev–Trinajstić information content (AvgIpc) is 2.74. The molecule has 32 heavy (non-hydrogen) atoms. The number of thioether (sulfide) groups is 1. The quantitative estimate of drug-likeness (QED) is 0.450. The van der Waals surface area contributed by atoms with Gasteiger partial charge in [-0.3, -0.25) is 15.0 Å². The first kappa shape index (κ1) is 26.0. The number of hydrogen-bond donors (Lipinski definition) is 3. The molecule has 2 amide bonds.